The number of halogens is 2. The van der Waals surface area contributed by atoms with Gasteiger partial charge in [0.05, 0.1) is 24.9 Å². The number of hydrogen-bond acceptors (Lipinski definition) is 3. The molecular weight excluding hydrogens is 223 g/mol. The Morgan fingerprint density at radius 3 is 2.73 bits per heavy atom. The van der Waals surface area contributed by atoms with Gasteiger partial charge in [-0.25, -0.2) is 0 Å². The highest BCUT2D eigenvalue weighted by Gasteiger charge is 2.26. The van der Waals surface area contributed by atoms with Gasteiger partial charge in [-0.2, -0.15) is 4.39 Å². The van der Waals surface area contributed by atoms with E-state index in [4.69, 9.17) is 19.4 Å². The van der Waals surface area contributed by atoms with E-state index in [1.165, 1.54) is 13.2 Å². The molecule has 0 saturated heterocycles. The van der Waals surface area contributed by atoms with Gasteiger partial charge >= 0.3 is 5.69 Å². The number of nitro benzene ring substituents is 1. The second kappa shape index (κ2) is 4.48. The molecule has 0 aliphatic rings. The molecule has 0 aromatic heterocycles. The third kappa shape index (κ3) is 2.04. The van der Waals surface area contributed by atoms with Crippen LogP contribution in [-0.2, 0) is 6.32 Å². The van der Waals surface area contributed by atoms with Crippen molar-refractivity contribution in [2.75, 3.05) is 7.11 Å². The summed E-state index contributed by atoms with van der Waals surface area (Å²) in [5, 5.41) is 10.6. The lowest BCUT2D eigenvalue weighted by atomic mass is 9.96. The molecule has 1 aromatic carbocycles. The summed E-state index contributed by atoms with van der Waals surface area (Å²) in [4.78, 5) is 9.72. The quantitative estimate of drug-likeness (QED) is 0.453. The molecular formula is C8H6BClFNO3. The maximum Gasteiger partial charge on any atom is 0.348 e. The van der Waals surface area contributed by atoms with Gasteiger partial charge in [0.15, 0.2) is 0 Å². The van der Waals surface area contributed by atoms with Gasteiger partial charge in [0, 0.05) is 0 Å². The molecule has 0 fully saturated rings. The predicted octanol–water partition coefficient (Wildman–Crippen LogP) is 2.06. The first-order chi connectivity index (χ1) is 7.02. The van der Waals surface area contributed by atoms with Gasteiger partial charge < -0.3 is 4.74 Å². The number of nitrogens with zero attached hydrogens (tertiary/aromatic N) is 1. The van der Waals surface area contributed by atoms with E-state index >= 15 is 0 Å². The van der Waals surface area contributed by atoms with Gasteiger partial charge in [0.1, 0.15) is 0 Å². The zero-order chi connectivity index (χ0) is 11.6. The smallest absolute Gasteiger partial charge is 0.348 e. The van der Waals surface area contributed by atoms with Crippen molar-refractivity contribution in [3.63, 3.8) is 0 Å². The van der Waals surface area contributed by atoms with Crippen molar-refractivity contribution < 1.29 is 14.1 Å². The molecule has 0 aliphatic carbocycles. The van der Waals surface area contributed by atoms with E-state index in [9.17, 15) is 14.5 Å². The number of rotatable bonds is 3. The maximum absolute atomic E-state index is 13.5. The Balaban J connectivity index is 3.55. The Hall–Kier alpha value is -1.30. The predicted molar refractivity (Wildman–Crippen MR) is 54.1 cm³/mol. The molecule has 0 N–H and O–H groups in total. The fourth-order valence-electron chi connectivity index (χ4n) is 1.15. The molecule has 0 amide bonds. The lowest BCUT2D eigenvalue weighted by Crippen LogP contribution is -2.02. The fraction of sp³-hybridized carbons (Fsp3) is 0.250. The molecule has 4 nitrogen and oxygen atoms in total. The zero-order valence-electron chi connectivity index (χ0n) is 7.79. The van der Waals surface area contributed by atoms with Crippen molar-refractivity contribution in [1.29, 1.82) is 0 Å². The third-order valence-electron chi connectivity index (χ3n) is 1.83. The molecule has 78 valence electrons. The molecule has 0 unspecified atom stereocenters. The van der Waals surface area contributed by atoms with Crippen LogP contribution in [0.25, 0.3) is 0 Å². The van der Waals surface area contributed by atoms with Crippen LogP contribution in [0.15, 0.2) is 6.07 Å². The van der Waals surface area contributed by atoms with Crippen LogP contribution in [0, 0.1) is 15.9 Å². The maximum atomic E-state index is 13.5. The molecule has 7 heteroatoms. The van der Waals surface area contributed by atoms with Crippen molar-refractivity contribution in [3.8, 4) is 5.75 Å². The number of benzene rings is 1. The Kier molecular flexibility index (Phi) is 3.52. The van der Waals surface area contributed by atoms with Crippen molar-refractivity contribution in [2.45, 2.75) is 6.32 Å². The van der Waals surface area contributed by atoms with Gasteiger partial charge in [-0.15, -0.1) is 0 Å². The first-order valence-corrected chi connectivity index (χ1v) is 4.30. The van der Waals surface area contributed by atoms with E-state index in [0.717, 1.165) is 0 Å². The minimum Gasteiger partial charge on any atom is -0.489 e. The Bertz CT molecular complexity index is 413. The summed E-state index contributed by atoms with van der Waals surface area (Å²) >= 11 is 5.68. The van der Waals surface area contributed by atoms with Crippen LogP contribution in [0.3, 0.4) is 0 Å². The Labute approximate surface area is 91.5 Å². The monoisotopic (exact) mass is 229 g/mol. The summed E-state index contributed by atoms with van der Waals surface area (Å²) < 4.78 is 18.2. The van der Waals surface area contributed by atoms with E-state index in [1.54, 1.807) is 0 Å². The molecule has 0 saturated carbocycles. The summed E-state index contributed by atoms with van der Waals surface area (Å²) in [6.07, 6.45) is -0.170. The highest BCUT2D eigenvalue weighted by Crippen LogP contribution is 2.38. The largest absolute Gasteiger partial charge is 0.489 e. The molecule has 15 heavy (non-hydrogen) atoms. The molecule has 0 bridgehead atoms. The van der Waals surface area contributed by atoms with Gasteiger partial charge in [-0.1, -0.05) is 17.9 Å². The highest BCUT2D eigenvalue weighted by atomic mass is 35.5. The Morgan fingerprint density at radius 1 is 1.73 bits per heavy atom. The lowest BCUT2D eigenvalue weighted by molar-refractivity contribution is -0.388. The molecule has 0 atom stereocenters. The third-order valence-corrected chi connectivity index (χ3v) is 2.11. The van der Waals surface area contributed by atoms with Crippen LogP contribution in [0.4, 0.5) is 10.1 Å². The van der Waals surface area contributed by atoms with Gasteiger partial charge in [-0.05, 0) is 11.6 Å². The van der Waals surface area contributed by atoms with Crippen molar-refractivity contribution >= 4 is 25.1 Å². The summed E-state index contributed by atoms with van der Waals surface area (Å²) in [6, 6.07) is 1.21. The van der Waals surface area contributed by atoms with E-state index in [1.807, 2.05) is 0 Å². The zero-order valence-corrected chi connectivity index (χ0v) is 8.55. The molecule has 0 heterocycles. The highest BCUT2D eigenvalue weighted by molar-refractivity contribution is 6.32. The Morgan fingerprint density at radius 2 is 2.33 bits per heavy atom. The van der Waals surface area contributed by atoms with Crippen LogP contribution in [-0.4, -0.2) is 19.9 Å². The summed E-state index contributed by atoms with van der Waals surface area (Å²) in [5.74, 6) is -1.31. The number of hydrogen-bond donors (Lipinski definition) is 0. The van der Waals surface area contributed by atoms with Crippen molar-refractivity contribution in [1.82, 2.24) is 0 Å². The molecule has 1 rings (SSSR count). The van der Waals surface area contributed by atoms with Gasteiger partial charge in [0.2, 0.25) is 11.6 Å². The van der Waals surface area contributed by atoms with E-state index in [-0.39, 0.29) is 22.7 Å². The second-order valence-electron chi connectivity index (χ2n) is 2.67. The number of ether oxygens (including phenoxy) is 1. The van der Waals surface area contributed by atoms with Crippen LogP contribution < -0.4 is 4.74 Å². The van der Waals surface area contributed by atoms with Crippen molar-refractivity contribution in [3.05, 3.63) is 32.6 Å². The average Bonchev–Trinajstić information content (AvgIpc) is 2.19. The molecule has 0 spiro atoms. The molecule has 0 aliphatic heterocycles. The standard InChI is InChI=1S/C8H6BClFNO3/c1-15-8-5(10)2-4(3-9)6(11)7(8)12(13)14/h2H,3H2,1H3. The number of methoxy groups -OCH3 is 1. The molecule has 2 radical (unpaired) electrons. The van der Waals surface area contributed by atoms with E-state index in [0.29, 0.717) is 0 Å². The molecule has 1 aromatic rings. The first-order valence-electron chi connectivity index (χ1n) is 3.92. The fourth-order valence-corrected chi connectivity index (χ4v) is 1.45. The lowest BCUT2D eigenvalue weighted by Gasteiger charge is -2.07. The second-order valence-corrected chi connectivity index (χ2v) is 3.08. The van der Waals surface area contributed by atoms with Crippen LogP contribution in [0.2, 0.25) is 5.02 Å². The van der Waals surface area contributed by atoms with Crippen LogP contribution >= 0.6 is 11.6 Å². The first kappa shape index (κ1) is 11.8. The van der Waals surface area contributed by atoms with Gasteiger partial charge in [0.25, 0.3) is 0 Å². The van der Waals surface area contributed by atoms with Crippen molar-refractivity contribution in [2.24, 2.45) is 0 Å². The average molecular weight is 229 g/mol. The van der Waals surface area contributed by atoms with Gasteiger partial charge in [-0.3, -0.25) is 10.1 Å². The summed E-state index contributed by atoms with van der Waals surface area (Å²) in [7, 11) is 6.39. The van der Waals surface area contributed by atoms with E-state index < -0.39 is 16.4 Å². The van der Waals surface area contributed by atoms with E-state index in [2.05, 4.69) is 4.74 Å². The summed E-state index contributed by atoms with van der Waals surface area (Å²) in [6.45, 7) is 0. The summed E-state index contributed by atoms with van der Waals surface area (Å²) in [5.41, 5.74) is -0.807. The normalized spacial score (nSPS) is 10.1. The topological polar surface area (TPSA) is 52.4 Å². The van der Waals surface area contributed by atoms with Crippen LogP contribution in [0.1, 0.15) is 5.56 Å². The minimum atomic E-state index is -1.01. The SMILES string of the molecule is [B]Cc1cc(Cl)c(OC)c([N+](=O)[O-])c1F. The minimum absolute atomic E-state index is 0.0208. The van der Waals surface area contributed by atoms with Crippen LogP contribution in [0.5, 0.6) is 5.75 Å². The number of nitro groups is 1.